The van der Waals surface area contributed by atoms with E-state index in [2.05, 4.69) is 10.4 Å². The summed E-state index contributed by atoms with van der Waals surface area (Å²) in [5, 5.41) is 16.8. The van der Waals surface area contributed by atoms with Gasteiger partial charge < -0.3 is 15.2 Å². The normalized spacial score (nSPS) is 18.9. The number of ether oxygens (including phenoxy) is 1. The highest BCUT2D eigenvalue weighted by molar-refractivity contribution is 5.92. The molecule has 0 aromatic carbocycles. The highest BCUT2D eigenvalue weighted by atomic mass is 16.5. The summed E-state index contributed by atoms with van der Waals surface area (Å²) in [6.07, 6.45) is 2.68. The molecule has 0 radical (unpaired) electrons. The second kappa shape index (κ2) is 4.85. The van der Waals surface area contributed by atoms with E-state index in [1.54, 1.807) is 19.3 Å². The molecule has 17 heavy (non-hydrogen) atoms. The van der Waals surface area contributed by atoms with E-state index >= 15 is 0 Å². The van der Waals surface area contributed by atoms with Gasteiger partial charge in [-0.3, -0.25) is 9.48 Å². The van der Waals surface area contributed by atoms with Crippen molar-refractivity contribution in [2.45, 2.75) is 18.4 Å². The van der Waals surface area contributed by atoms with E-state index in [4.69, 9.17) is 4.74 Å². The van der Waals surface area contributed by atoms with E-state index in [0.717, 1.165) is 0 Å². The van der Waals surface area contributed by atoms with Crippen LogP contribution in [-0.4, -0.2) is 46.2 Å². The Morgan fingerprint density at radius 3 is 2.94 bits per heavy atom. The standard InChI is InChI=1S/C11H17N3O3/c1-14-9(2-5-13-14)10(15)12-8-11(16)3-6-17-7-4-11/h2,5,16H,3-4,6-8H2,1H3,(H,12,15). The quantitative estimate of drug-likeness (QED) is 0.758. The molecular formula is C11H17N3O3. The molecule has 1 saturated heterocycles. The number of hydrogen-bond donors (Lipinski definition) is 2. The fraction of sp³-hybridized carbons (Fsp3) is 0.636. The molecule has 94 valence electrons. The lowest BCUT2D eigenvalue weighted by Crippen LogP contribution is -2.46. The number of carbonyl (C=O) groups is 1. The SMILES string of the molecule is Cn1nccc1C(=O)NCC1(O)CCOCC1. The number of aliphatic hydroxyl groups is 1. The van der Waals surface area contributed by atoms with Crippen molar-refractivity contribution in [3.8, 4) is 0 Å². The fourth-order valence-corrected chi connectivity index (χ4v) is 1.86. The van der Waals surface area contributed by atoms with E-state index in [-0.39, 0.29) is 12.5 Å². The van der Waals surface area contributed by atoms with Gasteiger partial charge in [-0.05, 0) is 6.07 Å². The van der Waals surface area contributed by atoms with Crippen molar-refractivity contribution in [1.29, 1.82) is 0 Å². The van der Waals surface area contributed by atoms with Crippen molar-refractivity contribution in [2.75, 3.05) is 19.8 Å². The zero-order chi connectivity index (χ0) is 12.3. The Labute approximate surface area is 99.6 Å². The summed E-state index contributed by atoms with van der Waals surface area (Å²) in [6.45, 7) is 1.33. The smallest absolute Gasteiger partial charge is 0.269 e. The lowest BCUT2D eigenvalue weighted by atomic mass is 9.94. The van der Waals surface area contributed by atoms with Gasteiger partial charge in [-0.25, -0.2) is 0 Å². The number of aryl methyl sites for hydroxylation is 1. The summed E-state index contributed by atoms with van der Waals surface area (Å²) in [5.74, 6) is -0.218. The van der Waals surface area contributed by atoms with Crippen LogP contribution in [0.3, 0.4) is 0 Å². The van der Waals surface area contributed by atoms with Crippen LogP contribution < -0.4 is 5.32 Å². The molecule has 1 aliphatic rings. The molecule has 0 saturated carbocycles. The predicted octanol–water partition coefficient (Wildman–Crippen LogP) is -0.309. The maximum atomic E-state index is 11.8. The summed E-state index contributed by atoms with van der Waals surface area (Å²) >= 11 is 0. The first-order valence-corrected chi connectivity index (χ1v) is 5.67. The fourth-order valence-electron chi connectivity index (χ4n) is 1.86. The number of carbonyl (C=O) groups excluding carboxylic acids is 1. The van der Waals surface area contributed by atoms with Crippen LogP contribution in [0.25, 0.3) is 0 Å². The molecule has 0 atom stereocenters. The van der Waals surface area contributed by atoms with Crippen molar-refractivity contribution in [2.24, 2.45) is 7.05 Å². The summed E-state index contributed by atoms with van der Waals surface area (Å²) in [5.41, 5.74) is -0.354. The predicted molar refractivity (Wildman–Crippen MR) is 60.5 cm³/mol. The highest BCUT2D eigenvalue weighted by Gasteiger charge is 2.30. The van der Waals surface area contributed by atoms with Gasteiger partial charge in [-0.1, -0.05) is 0 Å². The van der Waals surface area contributed by atoms with Gasteiger partial charge in [0.1, 0.15) is 5.69 Å². The molecule has 2 N–H and O–H groups in total. The van der Waals surface area contributed by atoms with Crippen LogP contribution in [0.5, 0.6) is 0 Å². The molecule has 2 heterocycles. The van der Waals surface area contributed by atoms with Gasteiger partial charge in [0, 0.05) is 45.8 Å². The van der Waals surface area contributed by atoms with Crippen molar-refractivity contribution < 1.29 is 14.6 Å². The van der Waals surface area contributed by atoms with Crippen LogP contribution in [0.2, 0.25) is 0 Å². The van der Waals surface area contributed by atoms with Crippen LogP contribution >= 0.6 is 0 Å². The molecule has 6 nitrogen and oxygen atoms in total. The van der Waals surface area contributed by atoms with Crippen molar-refractivity contribution in [3.05, 3.63) is 18.0 Å². The summed E-state index contributed by atoms with van der Waals surface area (Å²) in [6, 6.07) is 1.64. The van der Waals surface area contributed by atoms with E-state index in [1.165, 1.54) is 4.68 Å². The number of hydrogen-bond acceptors (Lipinski definition) is 4. The number of rotatable bonds is 3. The average molecular weight is 239 g/mol. The third-order valence-corrected chi connectivity index (χ3v) is 3.06. The van der Waals surface area contributed by atoms with Gasteiger partial charge in [0.2, 0.25) is 0 Å². The zero-order valence-corrected chi connectivity index (χ0v) is 9.85. The molecule has 1 aliphatic heterocycles. The number of nitrogens with zero attached hydrogens (tertiary/aromatic N) is 2. The molecule has 1 amide bonds. The van der Waals surface area contributed by atoms with Gasteiger partial charge in [0.05, 0.1) is 5.60 Å². The molecule has 6 heteroatoms. The molecule has 1 fully saturated rings. The minimum absolute atomic E-state index is 0.218. The second-order valence-electron chi connectivity index (χ2n) is 4.36. The topological polar surface area (TPSA) is 76.4 Å². The van der Waals surface area contributed by atoms with Crippen molar-refractivity contribution >= 4 is 5.91 Å². The summed E-state index contributed by atoms with van der Waals surface area (Å²) in [7, 11) is 1.71. The first-order valence-electron chi connectivity index (χ1n) is 5.67. The van der Waals surface area contributed by atoms with Gasteiger partial charge in [-0.15, -0.1) is 0 Å². The molecule has 1 aromatic heterocycles. The van der Waals surface area contributed by atoms with E-state index < -0.39 is 5.60 Å². The number of aromatic nitrogens is 2. The largest absolute Gasteiger partial charge is 0.388 e. The Morgan fingerprint density at radius 2 is 2.35 bits per heavy atom. The Hall–Kier alpha value is -1.40. The van der Waals surface area contributed by atoms with Gasteiger partial charge >= 0.3 is 0 Å². The van der Waals surface area contributed by atoms with Crippen LogP contribution in [0.15, 0.2) is 12.3 Å². The highest BCUT2D eigenvalue weighted by Crippen LogP contribution is 2.19. The molecule has 2 rings (SSSR count). The second-order valence-corrected chi connectivity index (χ2v) is 4.36. The lowest BCUT2D eigenvalue weighted by molar-refractivity contribution is -0.0605. The van der Waals surface area contributed by atoms with Crippen molar-refractivity contribution in [1.82, 2.24) is 15.1 Å². The zero-order valence-electron chi connectivity index (χ0n) is 9.85. The Morgan fingerprint density at radius 1 is 1.65 bits per heavy atom. The monoisotopic (exact) mass is 239 g/mol. The first kappa shape index (κ1) is 12.1. The molecule has 0 spiro atoms. The first-order chi connectivity index (χ1) is 8.11. The maximum absolute atomic E-state index is 11.8. The van der Waals surface area contributed by atoms with E-state index in [9.17, 15) is 9.90 Å². The van der Waals surface area contributed by atoms with Crippen LogP contribution in [0.1, 0.15) is 23.3 Å². The minimum atomic E-state index is -0.841. The number of nitrogens with one attached hydrogen (secondary N) is 1. The summed E-state index contributed by atoms with van der Waals surface area (Å²) in [4.78, 5) is 11.8. The molecule has 0 unspecified atom stereocenters. The Bertz CT molecular complexity index is 396. The lowest BCUT2D eigenvalue weighted by Gasteiger charge is -2.32. The average Bonchev–Trinajstić information content (AvgIpc) is 2.74. The van der Waals surface area contributed by atoms with Crippen LogP contribution in [0.4, 0.5) is 0 Å². The van der Waals surface area contributed by atoms with Gasteiger partial charge in [-0.2, -0.15) is 5.10 Å². The Balaban J connectivity index is 1.90. The van der Waals surface area contributed by atoms with Crippen LogP contribution in [-0.2, 0) is 11.8 Å². The molecular weight excluding hydrogens is 222 g/mol. The van der Waals surface area contributed by atoms with E-state index in [1.807, 2.05) is 0 Å². The van der Waals surface area contributed by atoms with Gasteiger partial charge in [0.15, 0.2) is 0 Å². The maximum Gasteiger partial charge on any atom is 0.269 e. The third-order valence-electron chi connectivity index (χ3n) is 3.06. The van der Waals surface area contributed by atoms with E-state index in [0.29, 0.717) is 31.7 Å². The molecule has 0 bridgehead atoms. The number of amides is 1. The Kier molecular flexibility index (Phi) is 3.44. The summed E-state index contributed by atoms with van der Waals surface area (Å²) < 4.78 is 6.68. The van der Waals surface area contributed by atoms with Crippen LogP contribution in [0, 0.1) is 0 Å². The minimum Gasteiger partial charge on any atom is -0.388 e. The van der Waals surface area contributed by atoms with Crippen molar-refractivity contribution in [3.63, 3.8) is 0 Å². The third kappa shape index (κ3) is 2.83. The van der Waals surface area contributed by atoms with Gasteiger partial charge in [0.25, 0.3) is 5.91 Å². The molecule has 0 aliphatic carbocycles. The molecule has 1 aromatic rings.